The number of nitrogens with zero attached hydrogens (tertiary/aromatic N) is 3. The molecule has 270 valence electrons. The molecule has 0 aromatic heterocycles. The van der Waals surface area contributed by atoms with Crippen LogP contribution in [0, 0.1) is 5.41 Å². The lowest BCUT2D eigenvalue weighted by molar-refractivity contribution is -0.953. The van der Waals surface area contributed by atoms with Crippen LogP contribution in [0.3, 0.4) is 0 Å². The van der Waals surface area contributed by atoms with E-state index in [1.165, 1.54) is 49.3 Å². The van der Waals surface area contributed by atoms with Gasteiger partial charge in [0.2, 0.25) is 0 Å². The molecule has 4 aliphatic heterocycles. The molecule has 4 heterocycles. The van der Waals surface area contributed by atoms with E-state index in [0.29, 0.717) is 11.5 Å². The number of ether oxygens (including phenoxy) is 1. The second-order valence-electron chi connectivity index (χ2n) is 15.1. The molecule has 3 fully saturated rings. The van der Waals surface area contributed by atoms with Gasteiger partial charge in [0.05, 0.1) is 36.4 Å². The van der Waals surface area contributed by atoms with E-state index in [1.807, 2.05) is 43.3 Å². The normalized spacial score (nSPS) is 25.8. The van der Waals surface area contributed by atoms with E-state index in [0.717, 1.165) is 73.2 Å². The summed E-state index contributed by atoms with van der Waals surface area (Å²) in [5.41, 5.74) is 4.72. The van der Waals surface area contributed by atoms with E-state index in [9.17, 15) is 14.2 Å². The maximum Gasteiger partial charge on any atom is 0.119 e. The van der Waals surface area contributed by atoms with Crippen LogP contribution in [0.4, 0.5) is 5.69 Å². The largest absolute Gasteiger partial charge is 0.489 e. The third-order valence-electron chi connectivity index (χ3n) is 11.5. The minimum Gasteiger partial charge on any atom is -0.489 e. The third kappa shape index (κ3) is 8.27. The fraction of sp³-hybridized carbons (Fsp3) is 0.550. The summed E-state index contributed by atoms with van der Waals surface area (Å²) in [5, 5.41) is 12.5. The molecule has 7 nitrogen and oxygen atoms in total. The summed E-state index contributed by atoms with van der Waals surface area (Å²) in [6, 6.07) is 23.0. The minimum atomic E-state index is -3.13. The molecule has 0 radical (unpaired) electrons. The average molecular weight is 713 g/mol. The molecule has 0 aliphatic carbocycles. The van der Waals surface area contributed by atoms with Gasteiger partial charge < -0.3 is 19.2 Å². The Balaban J connectivity index is 0.00000468. The minimum absolute atomic E-state index is 0. The molecule has 2 bridgehead atoms. The lowest BCUT2D eigenvalue weighted by atomic mass is 9.68. The van der Waals surface area contributed by atoms with Crippen LogP contribution in [0.25, 0.3) is 0 Å². The molecule has 0 saturated carbocycles. The molecule has 3 N–H and O–H groups in total. The SMILES string of the molecule is CCCCC1(CCCC)CS(O)(O)c2ccc(N(C)C)cc2[C@@H](c2ccc(OCc3ccc(C[N+]45CCN(CC4)CC5)cc3)cc2)[C@H]1O.Cl. The first kappa shape index (κ1) is 37.9. The lowest BCUT2D eigenvalue weighted by Crippen LogP contribution is -2.66. The van der Waals surface area contributed by atoms with Gasteiger partial charge in [-0.05, 0) is 59.9 Å². The van der Waals surface area contributed by atoms with E-state index in [-0.39, 0.29) is 18.2 Å². The lowest BCUT2D eigenvalue weighted by Gasteiger charge is -2.50. The molecule has 0 amide bonds. The van der Waals surface area contributed by atoms with Crippen LogP contribution >= 0.6 is 23.0 Å². The number of halogens is 1. The van der Waals surface area contributed by atoms with Gasteiger partial charge in [-0.2, -0.15) is 10.6 Å². The summed E-state index contributed by atoms with van der Waals surface area (Å²) < 4.78 is 31.1. The van der Waals surface area contributed by atoms with Crippen molar-refractivity contribution in [2.45, 2.75) is 82.4 Å². The van der Waals surface area contributed by atoms with Gasteiger partial charge in [0.1, 0.15) is 18.9 Å². The Labute approximate surface area is 302 Å². The topological polar surface area (TPSA) is 76.4 Å². The van der Waals surface area contributed by atoms with E-state index in [1.54, 1.807) is 0 Å². The van der Waals surface area contributed by atoms with E-state index in [2.05, 4.69) is 61.2 Å². The fourth-order valence-corrected chi connectivity index (χ4v) is 10.7. The molecule has 3 saturated heterocycles. The van der Waals surface area contributed by atoms with Crippen molar-refractivity contribution in [3.8, 4) is 5.75 Å². The van der Waals surface area contributed by atoms with Crippen LogP contribution in [0.5, 0.6) is 5.75 Å². The van der Waals surface area contributed by atoms with Gasteiger partial charge in [-0.1, -0.05) is 75.9 Å². The summed E-state index contributed by atoms with van der Waals surface area (Å²) in [5.74, 6) is 0.591. The van der Waals surface area contributed by atoms with Crippen molar-refractivity contribution >= 4 is 28.7 Å². The Kier molecular flexibility index (Phi) is 12.3. The van der Waals surface area contributed by atoms with Gasteiger partial charge in [0, 0.05) is 56.3 Å². The van der Waals surface area contributed by atoms with Gasteiger partial charge >= 0.3 is 0 Å². The number of unbranched alkanes of at least 4 members (excludes halogenated alkanes) is 2. The number of aliphatic hydroxyl groups excluding tert-OH is 1. The van der Waals surface area contributed by atoms with Crippen LogP contribution in [-0.4, -0.2) is 88.8 Å². The first-order valence-corrected chi connectivity index (χ1v) is 19.9. The first-order valence-electron chi connectivity index (χ1n) is 18.2. The maximum absolute atomic E-state index is 12.5. The zero-order valence-corrected chi connectivity index (χ0v) is 31.7. The van der Waals surface area contributed by atoms with Gasteiger partial charge in [-0.15, -0.1) is 12.4 Å². The molecule has 3 aromatic rings. The number of quaternary nitrogens is 1. The predicted octanol–water partition coefficient (Wildman–Crippen LogP) is 8.38. The van der Waals surface area contributed by atoms with Gasteiger partial charge in [-0.25, -0.2) is 0 Å². The van der Waals surface area contributed by atoms with Crippen molar-refractivity contribution in [1.82, 2.24) is 4.90 Å². The van der Waals surface area contributed by atoms with Crippen molar-refractivity contribution in [3.05, 3.63) is 89.0 Å². The summed E-state index contributed by atoms with van der Waals surface area (Å²) in [4.78, 5) is 5.20. The van der Waals surface area contributed by atoms with Gasteiger partial charge in [0.15, 0.2) is 0 Å². The van der Waals surface area contributed by atoms with Crippen LogP contribution in [-0.2, 0) is 13.2 Å². The van der Waals surface area contributed by atoms with Crippen molar-refractivity contribution < 1.29 is 23.4 Å². The number of fused-ring (bicyclic) bond motifs is 4. The van der Waals surface area contributed by atoms with Crippen molar-refractivity contribution in [3.63, 3.8) is 0 Å². The molecule has 0 unspecified atom stereocenters. The Morgan fingerprint density at radius 3 is 2.02 bits per heavy atom. The smallest absolute Gasteiger partial charge is 0.119 e. The third-order valence-corrected chi connectivity index (χ3v) is 13.6. The predicted molar refractivity (Wildman–Crippen MR) is 206 cm³/mol. The first-order chi connectivity index (χ1) is 23.1. The standard InChI is InChI=1S/C40H57N3O4S.ClH/c1-5-7-19-40(20-8-6-2)30-48(45,46)37-18-15-34(41(3)4)27-36(37)38(39(40)44)33-13-16-35(17-14-33)47-29-32-11-9-31(10-12-32)28-43-24-21-42(22-25-43)23-26-43;/h9-18,27,38-39,44H,5-8,19-26,28-30H2,1-4H3,(H-,45,46);1H/p+1/t38-,39-;/m1./s1. The van der Waals surface area contributed by atoms with E-state index < -0.39 is 28.0 Å². The highest BCUT2D eigenvalue weighted by molar-refractivity contribution is 8.24. The maximum atomic E-state index is 12.5. The number of hydrogen-bond acceptors (Lipinski definition) is 6. The number of aliphatic hydroxyl groups is 1. The van der Waals surface area contributed by atoms with Crippen LogP contribution < -0.4 is 9.64 Å². The van der Waals surface area contributed by atoms with Crippen LogP contribution in [0.2, 0.25) is 0 Å². The Hall–Kier alpha value is -2.30. The molecule has 0 spiro atoms. The summed E-state index contributed by atoms with van der Waals surface area (Å²) in [7, 11) is 0.853. The molecular weight excluding hydrogens is 654 g/mol. The Morgan fingerprint density at radius 1 is 0.857 bits per heavy atom. The molecular formula is C40H59ClN3O4S+. The number of piperazine rings is 3. The highest BCUT2D eigenvalue weighted by atomic mass is 35.5. The number of benzene rings is 3. The highest BCUT2D eigenvalue weighted by Crippen LogP contribution is 2.62. The molecule has 3 aromatic carbocycles. The van der Waals surface area contributed by atoms with Gasteiger partial charge in [0.25, 0.3) is 0 Å². The quantitative estimate of drug-likeness (QED) is 0.155. The molecule has 7 rings (SSSR count). The van der Waals surface area contributed by atoms with Crippen molar-refractivity contribution in [2.24, 2.45) is 5.41 Å². The second-order valence-corrected chi connectivity index (χ2v) is 17.2. The molecule has 4 aliphatic rings. The fourth-order valence-electron chi connectivity index (χ4n) is 8.46. The van der Waals surface area contributed by atoms with Gasteiger partial charge in [-0.3, -0.25) is 14.0 Å². The van der Waals surface area contributed by atoms with E-state index >= 15 is 0 Å². The van der Waals surface area contributed by atoms with Crippen LogP contribution in [0.15, 0.2) is 71.6 Å². The monoisotopic (exact) mass is 712 g/mol. The average Bonchev–Trinajstić information content (AvgIpc) is 3.17. The molecule has 9 heteroatoms. The zero-order valence-electron chi connectivity index (χ0n) is 30.0. The summed E-state index contributed by atoms with van der Waals surface area (Å²) in [6.07, 6.45) is 4.65. The summed E-state index contributed by atoms with van der Waals surface area (Å²) in [6.45, 7) is 13.4. The molecule has 2 atom stereocenters. The second kappa shape index (κ2) is 15.9. The number of hydrogen-bond donors (Lipinski definition) is 3. The Bertz CT molecular complexity index is 1490. The molecule has 49 heavy (non-hydrogen) atoms. The summed E-state index contributed by atoms with van der Waals surface area (Å²) >= 11 is 0. The van der Waals surface area contributed by atoms with Crippen molar-refractivity contribution in [2.75, 3.05) is 64.0 Å². The zero-order chi connectivity index (χ0) is 33.9. The number of rotatable bonds is 13. The van der Waals surface area contributed by atoms with E-state index in [4.69, 9.17) is 4.74 Å². The van der Waals surface area contributed by atoms with Crippen molar-refractivity contribution in [1.29, 1.82) is 0 Å². The van der Waals surface area contributed by atoms with Crippen LogP contribution in [0.1, 0.15) is 80.5 Å². The highest BCUT2D eigenvalue weighted by Gasteiger charge is 2.49. The number of anilines is 1. The Morgan fingerprint density at radius 2 is 1.45 bits per heavy atom.